The summed E-state index contributed by atoms with van der Waals surface area (Å²) in [4.78, 5) is 73.9. The van der Waals surface area contributed by atoms with Crippen molar-refractivity contribution in [3.05, 3.63) is 124 Å². The maximum atomic E-state index is 14.5. The number of fused-ring (bicyclic) bond motifs is 5. The topological polar surface area (TPSA) is 91.8 Å². The first-order chi connectivity index (χ1) is 27.8. The first-order valence-electron chi connectivity index (χ1n) is 20.6. The summed E-state index contributed by atoms with van der Waals surface area (Å²) in [7, 11) is 0. The van der Waals surface area contributed by atoms with Crippen LogP contribution >= 0.6 is 0 Å². The van der Waals surface area contributed by atoms with Crippen molar-refractivity contribution < 1.29 is 24.0 Å². The molecular formula is C50H42N2O5. The molecule has 2 heterocycles. The summed E-state index contributed by atoms with van der Waals surface area (Å²) < 4.78 is 0. The van der Waals surface area contributed by atoms with E-state index in [0.717, 1.165) is 108 Å². The third-order valence-electron chi connectivity index (χ3n) is 12.8. The molecule has 0 unspecified atom stereocenters. The molecule has 7 aromatic rings. The minimum Gasteiger partial charge on any atom is -0.289 e. The lowest BCUT2D eigenvalue weighted by Gasteiger charge is -2.35. The maximum Gasteiger partial charge on any atom is 0.265 e. The average molecular weight is 751 g/mol. The number of rotatable bonds is 12. The predicted molar refractivity (Wildman–Crippen MR) is 226 cm³/mol. The molecule has 3 aliphatic rings. The molecule has 1 aliphatic carbocycles. The fourth-order valence-electron chi connectivity index (χ4n) is 10.0. The SMILES string of the molecule is CCCCCCC(CCCCCC)N1C(=O)c2ccc3c4ccc5c6c(ccc(c7ccc(c2c37)C1=O)c64)C(=O)N(c1ccc2c(c1)C(=O)c1ccccc1-2)C5=O. The highest BCUT2D eigenvalue weighted by Crippen LogP contribution is 2.47. The fourth-order valence-corrected chi connectivity index (χ4v) is 10.0. The van der Waals surface area contributed by atoms with Crippen molar-refractivity contribution >= 4 is 78.2 Å². The fraction of sp³-hybridized carbons (Fsp3) is 0.260. The zero-order valence-electron chi connectivity index (χ0n) is 32.2. The number of benzene rings is 7. The molecule has 0 spiro atoms. The average Bonchev–Trinajstić information content (AvgIpc) is 3.51. The highest BCUT2D eigenvalue weighted by molar-refractivity contribution is 6.44. The number of unbranched alkanes of at least 4 members (excludes halogenated alkanes) is 6. The molecular weight excluding hydrogens is 709 g/mol. The predicted octanol–water partition coefficient (Wildman–Crippen LogP) is 11.7. The van der Waals surface area contributed by atoms with E-state index < -0.39 is 11.8 Å². The molecule has 0 aromatic heterocycles. The van der Waals surface area contributed by atoms with E-state index in [-0.39, 0.29) is 23.6 Å². The first kappa shape index (κ1) is 35.2. The number of amides is 4. The molecule has 282 valence electrons. The standard InChI is InChI=1S/C50H42N2O5/c1-3-5-7-9-13-28(14-10-8-6-4-2)51-47(54)37-23-19-32-34-21-25-39-45-40(26-22-35(43(34)45)33-20-24-38(48(51)55)44(37)42(32)33)50(57)52(49(39)56)29-17-18-31-30-15-11-12-16-36(30)46(53)41(31)27-29/h11-12,15-28H,3-10,13-14H2,1-2H3. The Morgan fingerprint density at radius 3 is 1.35 bits per heavy atom. The normalized spacial score (nSPS) is 14.8. The van der Waals surface area contributed by atoms with Crippen LogP contribution in [0.3, 0.4) is 0 Å². The first-order valence-corrected chi connectivity index (χ1v) is 20.6. The Morgan fingerprint density at radius 2 is 0.860 bits per heavy atom. The van der Waals surface area contributed by atoms with Gasteiger partial charge in [0, 0.05) is 50.2 Å². The molecule has 0 N–H and O–H groups in total. The van der Waals surface area contributed by atoms with Crippen molar-refractivity contribution in [1.29, 1.82) is 0 Å². The molecule has 7 nitrogen and oxygen atoms in total. The van der Waals surface area contributed by atoms with Crippen molar-refractivity contribution in [3.8, 4) is 11.1 Å². The van der Waals surface area contributed by atoms with E-state index in [9.17, 15) is 24.0 Å². The number of hydrogen-bond donors (Lipinski definition) is 0. The zero-order valence-corrected chi connectivity index (χ0v) is 32.2. The van der Waals surface area contributed by atoms with Gasteiger partial charge in [0.2, 0.25) is 0 Å². The van der Waals surface area contributed by atoms with E-state index in [2.05, 4.69) is 13.8 Å². The lowest BCUT2D eigenvalue weighted by molar-refractivity contribution is 0.0516. The van der Waals surface area contributed by atoms with Gasteiger partial charge in [-0.05, 0) is 92.7 Å². The van der Waals surface area contributed by atoms with Crippen LogP contribution in [0.15, 0.2) is 91.0 Å². The number of anilines is 1. The van der Waals surface area contributed by atoms with Gasteiger partial charge in [0.15, 0.2) is 5.78 Å². The van der Waals surface area contributed by atoms with Crippen molar-refractivity contribution in [2.75, 3.05) is 4.90 Å². The van der Waals surface area contributed by atoms with Crippen LogP contribution in [-0.4, -0.2) is 40.4 Å². The summed E-state index contributed by atoms with van der Waals surface area (Å²) >= 11 is 0. The molecule has 0 saturated carbocycles. The lowest BCUT2D eigenvalue weighted by Crippen LogP contribution is -2.47. The van der Waals surface area contributed by atoms with E-state index in [0.29, 0.717) is 49.8 Å². The summed E-state index contributed by atoms with van der Waals surface area (Å²) in [6, 6.07) is 27.6. The van der Waals surface area contributed by atoms with Gasteiger partial charge < -0.3 is 0 Å². The van der Waals surface area contributed by atoms with Crippen LogP contribution in [0.25, 0.3) is 54.2 Å². The molecule has 57 heavy (non-hydrogen) atoms. The van der Waals surface area contributed by atoms with Crippen LogP contribution in [0, 0.1) is 0 Å². The summed E-state index contributed by atoms with van der Waals surface area (Å²) in [6.45, 7) is 4.38. The van der Waals surface area contributed by atoms with Gasteiger partial charge in [-0.25, -0.2) is 4.90 Å². The van der Waals surface area contributed by atoms with E-state index >= 15 is 0 Å². The number of nitrogens with zero attached hydrogens (tertiary/aromatic N) is 2. The molecule has 0 saturated heterocycles. The quantitative estimate of drug-likeness (QED) is 0.0536. The van der Waals surface area contributed by atoms with Crippen molar-refractivity contribution in [3.63, 3.8) is 0 Å². The Hall–Kier alpha value is -6.21. The van der Waals surface area contributed by atoms with Gasteiger partial charge in [-0.3, -0.25) is 28.9 Å². The Balaban J connectivity index is 1.07. The number of carbonyl (C=O) groups is 5. The Morgan fingerprint density at radius 1 is 0.421 bits per heavy atom. The molecule has 0 radical (unpaired) electrons. The van der Waals surface area contributed by atoms with Gasteiger partial charge in [0.05, 0.1) is 5.69 Å². The Kier molecular flexibility index (Phi) is 8.33. The smallest absolute Gasteiger partial charge is 0.265 e. The molecule has 4 amide bonds. The Labute approximate surface area is 330 Å². The maximum absolute atomic E-state index is 14.5. The summed E-state index contributed by atoms with van der Waals surface area (Å²) in [5.41, 5.74) is 4.95. The van der Waals surface area contributed by atoms with Crippen LogP contribution in [-0.2, 0) is 0 Å². The van der Waals surface area contributed by atoms with Crippen LogP contribution in [0.2, 0.25) is 0 Å². The van der Waals surface area contributed by atoms with E-state index in [1.165, 1.54) is 4.90 Å². The number of hydrogen-bond acceptors (Lipinski definition) is 5. The van der Waals surface area contributed by atoms with Crippen LogP contribution in [0.5, 0.6) is 0 Å². The number of imide groups is 2. The largest absolute Gasteiger partial charge is 0.289 e. The molecule has 7 aromatic carbocycles. The minimum absolute atomic E-state index is 0.127. The van der Waals surface area contributed by atoms with Crippen molar-refractivity contribution in [2.24, 2.45) is 0 Å². The van der Waals surface area contributed by atoms with Gasteiger partial charge >= 0.3 is 0 Å². The second-order valence-corrected chi connectivity index (χ2v) is 16.0. The molecule has 0 bridgehead atoms. The summed E-state index contributed by atoms with van der Waals surface area (Å²) in [6.07, 6.45) is 10.3. The van der Waals surface area contributed by atoms with Gasteiger partial charge in [-0.15, -0.1) is 0 Å². The second kappa shape index (κ2) is 13.5. The lowest BCUT2D eigenvalue weighted by atomic mass is 9.82. The number of carbonyl (C=O) groups excluding carboxylic acids is 5. The molecule has 0 atom stereocenters. The van der Waals surface area contributed by atoms with Crippen LogP contribution < -0.4 is 4.90 Å². The second-order valence-electron chi connectivity index (χ2n) is 16.0. The summed E-state index contributed by atoms with van der Waals surface area (Å²) in [5.74, 6) is -1.48. The van der Waals surface area contributed by atoms with Gasteiger partial charge in [0.1, 0.15) is 0 Å². The van der Waals surface area contributed by atoms with Crippen molar-refractivity contribution in [1.82, 2.24) is 4.90 Å². The highest BCUT2D eigenvalue weighted by Gasteiger charge is 2.40. The van der Waals surface area contributed by atoms with E-state index in [4.69, 9.17) is 0 Å². The molecule has 2 aliphatic heterocycles. The molecule has 10 rings (SSSR count). The highest BCUT2D eigenvalue weighted by atomic mass is 16.2. The van der Waals surface area contributed by atoms with E-state index in [1.54, 1.807) is 35.2 Å². The zero-order chi connectivity index (χ0) is 39.1. The minimum atomic E-state index is -0.453. The summed E-state index contributed by atoms with van der Waals surface area (Å²) in [5, 5.41) is 6.35. The number of ketones is 1. The third kappa shape index (κ3) is 5.07. The van der Waals surface area contributed by atoms with Gasteiger partial charge in [-0.1, -0.05) is 120 Å². The van der Waals surface area contributed by atoms with Crippen LogP contribution in [0.4, 0.5) is 5.69 Å². The van der Waals surface area contributed by atoms with Crippen LogP contribution in [0.1, 0.15) is 135 Å². The van der Waals surface area contributed by atoms with Gasteiger partial charge in [0.25, 0.3) is 23.6 Å². The van der Waals surface area contributed by atoms with Gasteiger partial charge in [-0.2, -0.15) is 0 Å². The van der Waals surface area contributed by atoms with E-state index in [1.807, 2.05) is 60.7 Å². The molecule has 0 fully saturated rings. The third-order valence-corrected chi connectivity index (χ3v) is 12.8. The molecule has 7 heteroatoms. The Bertz CT molecular complexity index is 2770. The van der Waals surface area contributed by atoms with Crippen molar-refractivity contribution in [2.45, 2.75) is 84.1 Å². The monoisotopic (exact) mass is 750 g/mol.